The van der Waals surface area contributed by atoms with Gasteiger partial charge in [-0.15, -0.1) is 0 Å². The number of thioether (sulfide) groups is 1. The van der Waals surface area contributed by atoms with Crippen LogP contribution in [0.25, 0.3) is 0 Å². The third-order valence-electron chi connectivity index (χ3n) is 2.97. The number of rotatable bonds is 9. The number of hydrogen-bond acceptors (Lipinski definition) is 4. The Kier molecular flexibility index (Phi) is 7.61. The molecular formula is C16H25NO3S. The lowest BCUT2D eigenvalue weighted by Crippen LogP contribution is -2.42. The first-order chi connectivity index (χ1) is 9.98. The largest absolute Gasteiger partial charge is 0.494 e. The highest BCUT2D eigenvalue weighted by atomic mass is 32.2. The fourth-order valence-corrected chi connectivity index (χ4v) is 2.50. The van der Waals surface area contributed by atoms with Crippen LogP contribution in [-0.4, -0.2) is 41.8 Å². The molecule has 0 saturated carbocycles. The van der Waals surface area contributed by atoms with E-state index in [-0.39, 0.29) is 12.5 Å². The molecule has 1 amide bonds. The van der Waals surface area contributed by atoms with Crippen molar-refractivity contribution in [3.63, 3.8) is 0 Å². The summed E-state index contributed by atoms with van der Waals surface area (Å²) < 4.78 is 5.55. The minimum atomic E-state index is -0.891. The van der Waals surface area contributed by atoms with Crippen molar-refractivity contribution in [1.29, 1.82) is 0 Å². The fourth-order valence-electron chi connectivity index (χ4n) is 1.77. The number of aliphatic hydroxyl groups is 1. The van der Waals surface area contributed by atoms with E-state index in [1.807, 2.05) is 6.26 Å². The Hall–Kier alpha value is -1.20. The Morgan fingerprint density at radius 2 is 2.05 bits per heavy atom. The summed E-state index contributed by atoms with van der Waals surface area (Å²) in [5.41, 5.74) is -0.323. The van der Waals surface area contributed by atoms with Crippen molar-refractivity contribution in [2.45, 2.75) is 32.3 Å². The number of ether oxygens (including phenoxy) is 1. The van der Waals surface area contributed by atoms with E-state index in [9.17, 15) is 9.90 Å². The van der Waals surface area contributed by atoms with Crippen molar-refractivity contribution >= 4 is 17.7 Å². The number of unbranched alkanes of at least 4 members (excludes halogenated alkanes) is 1. The smallest absolute Gasteiger partial charge is 0.251 e. The Labute approximate surface area is 131 Å². The van der Waals surface area contributed by atoms with Crippen LogP contribution in [0, 0.1) is 0 Å². The summed E-state index contributed by atoms with van der Waals surface area (Å²) in [5.74, 6) is 1.17. The first-order valence-electron chi connectivity index (χ1n) is 7.21. The van der Waals surface area contributed by atoms with Crippen LogP contribution in [0.15, 0.2) is 24.3 Å². The first-order valence-corrected chi connectivity index (χ1v) is 8.60. The molecule has 2 N–H and O–H groups in total. The maximum Gasteiger partial charge on any atom is 0.251 e. The molecule has 0 aliphatic carbocycles. The molecule has 1 aromatic rings. The lowest BCUT2D eigenvalue weighted by molar-refractivity contribution is 0.0725. The van der Waals surface area contributed by atoms with Crippen LogP contribution >= 0.6 is 11.8 Å². The van der Waals surface area contributed by atoms with E-state index in [1.54, 1.807) is 43.0 Å². The summed E-state index contributed by atoms with van der Waals surface area (Å²) in [5, 5.41) is 12.8. The van der Waals surface area contributed by atoms with Gasteiger partial charge in [0.1, 0.15) is 5.75 Å². The SMILES string of the molecule is CCCCOc1ccc(C(=O)NCC(C)(O)CSC)cc1. The Balaban J connectivity index is 2.47. The van der Waals surface area contributed by atoms with Crippen LogP contribution in [0.1, 0.15) is 37.0 Å². The van der Waals surface area contributed by atoms with Gasteiger partial charge in [-0.25, -0.2) is 0 Å². The molecule has 0 bridgehead atoms. The molecule has 5 heteroatoms. The second kappa shape index (κ2) is 8.95. The summed E-state index contributed by atoms with van der Waals surface area (Å²) in [6.07, 6.45) is 4.04. The monoisotopic (exact) mass is 311 g/mol. The highest BCUT2D eigenvalue weighted by Gasteiger charge is 2.20. The Morgan fingerprint density at radius 1 is 1.38 bits per heavy atom. The average molecular weight is 311 g/mol. The third kappa shape index (κ3) is 6.87. The molecule has 0 spiro atoms. The quantitative estimate of drug-likeness (QED) is 0.689. The number of hydrogen-bond donors (Lipinski definition) is 2. The van der Waals surface area contributed by atoms with Crippen molar-refractivity contribution in [3.8, 4) is 5.75 Å². The number of carbonyl (C=O) groups is 1. The number of benzene rings is 1. The minimum Gasteiger partial charge on any atom is -0.494 e. The van der Waals surface area contributed by atoms with Crippen LogP contribution in [0.3, 0.4) is 0 Å². The molecule has 118 valence electrons. The van der Waals surface area contributed by atoms with Gasteiger partial charge < -0.3 is 15.2 Å². The number of nitrogens with one attached hydrogen (secondary N) is 1. The lowest BCUT2D eigenvalue weighted by atomic mass is 10.1. The molecule has 0 aliphatic heterocycles. The summed E-state index contributed by atoms with van der Waals surface area (Å²) in [6, 6.07) is 7.06. The van der Waals surface area contributed by atoms with Crippen LogP contribution in [-0.2, 0) is 0 Å². The van der Waals surface area contributed by atoms with E-state index in [2.05, 4.69) is 12.2 Å². The molecule has 0 aliphatic rings. The molecule has 1 unspecified atom stereocenters. The van der Waals surface area contributed by atoms with Gasteiger partial charge in [-0.2, -0.15) is 11.8 Å². The van der Waals surface area contributed by atoms with Crippen LogP contribution in [0.4, 0.5) is 0 Å². The summed E-state index contributed by atoms with van der Waals surface area (Å²) in [7, 11) is 0. The topological polar surface area (TPSA) is 58.6 Å². The Morgan fingerprint density at radius 3 is 2.62 bits per heavy atom. The molecular weight excluding hydrogens is 286 g/mol. The standard InChI is InChI=1S/C16H25NO3S/c1-4-5-10-20-14-8-6-13(7-9-14)15(18)17-11-16(2,19)12-21-3/h6-9,19H,4-5,10-12H2,1-3H3,(H,17,18). The predicted molar refractivity (Wildman–Crippen MR) is 88.2 cm³/mol. The third-order valence-corrected chi connectivity index (χ3v) is 3.88. The van der Waals surface area contributed by atoms with Crippen molar-refractivity contribution in [2.75, 3.05) is 25.2 Å². The van der Waals surface area contributed by atoms with E-state index >= 15 is 0 Å². The molecule has 1 rings (SSSR count). The van der Waals surface area contributed by atoms with Gasteiger partial charge in [-0.05, 0) is 43.9 Å². The van der Waals surface area contributed by atoms with E-state index in [0.29, 0.717) is 17.9 Å². The van der Waals surface area contributed by atoms with Gasteiger partial charge in [-0.3, -0.25) is 4.79 Å². The van der Waals surface area contributed by atoms with Crippen molar-refractivity contribution in [3.05, 3.63) is 29.8 Å². The molecule has 0 aromatic heterocycles. The van der Waals surface area contributed by atoms with Crippen LogP contribution < -0.4 is 10.1 Å². The summed E-state index contributed by atoms with van der Waals surface area (Å²) in [4.78, 5) is 12.0. The lowest BCUT2D eigenvalue weighted by Gasteiger charge is -2.22. The Bertz CT molecular complexity index is 432. The van der Waals surface area contributed by atoms with Crippen molar-refractivity contribution in [2.24, 2.45) is 0 Å². The highest BCUT2D eigenvalue weighted by molar-refractivity contribution is 7.98. The molecule has 0 saturated heterocycles. The average Bonchev–Trinajstić information content (AvgIpc) is 2.46. The molecule has 4 nitrogen and oxygen atoms in total. The van der Waals surface area contributed by atoms with Gasteiger partial charge in [0.15, 0.2) is 0 Å². The second-order valence-electron chi connectivity index (χ2n) is 5.34. The maximum atomic E-state index is 12.0. The molecule has 0 radical (unpaired) electrons. The predicted octanol–water partition coefficient (Wildman–Crippen LogP) is 2.71. The summed E-state index contributed by atoms with van der Waals surface area (Å²) in [6.45, 7) is 4.76. The van der Waals surface area contributed by atoms with E-state index < -0.39 is 5.60 Å². The van der Waals surface area contributed by atoms with Gasteiger partial charge in [0.2, 0.25) is 0 Å². The van der Waals surface area contributed by atoms with Crippen LogP contribution in [0.2, 0.25) is 0 Å². The molecule has 1 atom stereocenters. The van der Waals surface area contributed by atoms with Crippen molar-refractivity contribution in [1.82, 2.24) is 5.32 Å². The minimum absolute atomic E-state index is 0.184. The normalized spacial score (nSPS) is 13.5. The second-order valence-corrected chi connectivity index (χ2v) is 6.21. The molecule has 1 aromatic carbocycles. The molecule has 21 heavy (non-hydrogen) atoms. The number of carbonyl (C=O) groups excluding carboxylic acids is 1. The van der Waals surface area contributed by atoms with E-state index in [4.69, 9.17) is 4.74 Å². The van der Waals surface area contributed by atoms with Gasteiger partial charge >= 0.3 is 0 Å². The van der Waals surface area contributed by atoms with Gasteiger partial charge in [0.25, 0.3) is 5.91 Å². The van der Waals surface area contributed by atoms with Gasteiger partial charge in [-0.1, -0.05) is 13.3 Å². The maximum absolute atomic E-state index is 12.0. The first kappa shape index (κ1) is 17.9. The van der Waals surface area contributed by atoms with E-state index in [1.165, 1.54) is 0 Å². The fraction of sp³-hybridized carbons (Fsp3) is 0.562. The zero-order valence-electron chi connectivity index (χ0n) is 13.0. The molecule has 0 fully saturated rings. The zero-order valence-corrected chi connectivity index (χ0v) is 13.8. The summed E-state index contributed by atoms with van der Waals surface area (Å²) >= 11 is 1.55. The van der Waals surface area contributed by atoms with Gasteiger partial charge in [0.05, 0.1) is 12.2 Å². The number of amides is 1. The highest BCUT2D eigenvalue weighted by Crippen LogP contribution is 2.13. The van der Waals surface area contributed by atoms with Gasteiger partial charge in [0, 0.05) is 17.9 Å². The van der Waals surface area contributed by atoms with E-state index in [0.717, 1.165) is 18.6 Å². The van der Waals surface area contributed by atoms with Crippen LogP contribution in [0.5, 0.6) is 5.75 Å². The zero-order chi connectivity index (χ0) is 15.7. The molecule has 0 heterocycles. The van der Waals surface area contributed by atoms with Crippen molar-refractivity contribution < 1.29 is 14.6 Å².